The normalized spacial score (nSPS) is 14.1. The molecule has 3 aromatic rings. The molecule has 0 saturated heterocycles. The number of carbonyl (C=O) groups excluding carboxylic acids is 2. The van der Waals surface area contributed by atoms with Gasteiger partial charge in [0.15, 0.2) is 15.8 Å². The van der Waals surface area contributed by atoms with Gasteiger partial charge >= 0.3 is 0 Å². The van der Waals surface area contributed by atoms with Crippen molar-refractivity contribution in [2.45, 2.75) is 37.7 Å². The Bertz CT molecular complexity index is 1260. The number of aromatic nitrogens is 2. The Balaban J connectivity index is 1.23. The highest BCUT2D eigenvalue weighted by Gasteiger charge is 2.24. The van der Waals surface area contributed by atoms with Crippen LogP contribution < -0.4 is 14.8 Å². The SMILES string of the molecule is Cc1csc(SCC(=O)N2CCc3c(cnc(C)c3CNC(=O)c3ccc4c(c3)OCO4)C2)n1. The molecule has 0 atom stereocenters. The predicted molar refractivity (Wildman–Crippen MR) is 129 cm³/mol. The second kappa shape index (κ2) is 9.63. The molecule has 0 unspecified atom stereocenters. The van der Waals surface area contributed by atoms with Crippen LogP contribution in [0.1, 0.15) is 38.4 Å². The molecular weight excluding hydrogens is 472 g/mol. The quantitative estimate of drug-likeness (QED) is 0.522. The zero-order valence-corrected chi connectivity index (χ0v) is 20.6. The van der Waals surface area contributed by atoms with Crippen molar-refractivity contribution in [3.05, 3.63) is 63.4 Å². The molecule has 2 aliphatic rings. The number of thioether (sulfide) groups is 1. The van der Waals surface area contributed by atoms with E-state index in [9.17, 15) is 9.59 Å². The van der Waals surface area contributed by atoms with Crippen LogP contribution in [0.25, 0.3) is 0 Å². The number of carbonyl (C=O) groups is 2. The summed E-state index contributed by atoms with van der Waals surface area (Å²) in [6.45, 7) is 5.63. The van der Waals surface area contributed by atoms with Gasteiger partial charge in [-0.25, -0.2) is 4.98 Å². The first-order chi connectivity index (χ1) is 16.5. The summed E-state index contributed by atoms with van der Waals surface area (Å²) in [6, 6.07) is 5.16. The fourth-order valence-electron chi connectivity index (χ4n) is 4.09. The van der Waals surface area contributed by atoms with Crippen molar-refractivity contribution in [1.29, 1.82) is 0 Å². The van der Waals surface area contributed by atoms with E-state index in [1.54, 1.807) is 29.5 Å². The van der Waals surface area contributed by atoms with Crippen LogP contribution in [0.3, 0.4) is 0 Å². The Labute approximate surface area is 205 Å². The Hall–Kier alpha value is -3.11. The number of aryl methyl sites for hydroxylation is 2. The van der Waals surface area contributed by atoms with Crippen LogP contribution >= 0.6 is 23.1 Å². The predicted octanol–water partition coefficient (Wildman–Crippen LogP) is 3.49. The number of hydrogen-bond acceptors (Lipinski definition) is 8. The molecule has 0 fully saturated rings. The van der Waals surface area contributed by atoms with Gasteiger partial charge < -0.3 is 19.7 Å². The molecule has 0 spiro atoms. The first-order valence-corrected chi connectivity index (χ1v) is 12.8. The van der Waals surface area contributed by atoms with E-state index in [-0.39, 0.29) is 18.6 Å². The summed E-state index contributed by atoms with van der Waals surface area (Å²) in [5.74, 6) is 1.52. The van der Waals surface area contributed by atoms with Gasteiger partial charge in [-0.15, -0.1) is 11.3 Å². The van der Waals surface area contributed by atoms with E-state index in [2.05, 4.69) is 15.3 Å². The largest absolute Gasteiger partial charge is 0.454 e. The number of fused-ring (bicyclic) bond motifs is 2. The van der Waals surface area contributed by atoms with E-state index < -0.39 is 0 Å². The monoisotopic (exact) mass is 496 g/mol. The first-order valence-electron chi connectivity index (χ1n) is 10.9. The van der Waals surface area contributed by atoms with E-state index in [0.717, 1.165) is 33.3 Å². The second-order valence-corrected chi connectivity index (χ2v) is 10.3. The average Bonchev–Trinajstić information content (AvgIpc) is 3.49. The van der Waals surface area contributed by atoms with Gasteiger partial charge in [-0.2, -0.15) is 0 Å². The number of pyridine rings is 1. The minimum Gasteiger partial charge on any atom is -0.454 e. The lowest BCUT2D eigenvalue weighted by atomic mass is 9.95. The van der Waals surface area contributed by atoms with Crippen LogP contribution in [0.5, 0.6) is 11.5 Å². The fourth-order valence-corrected chi connectivity index (χ4v) is 5.84. The average molecular weight is 497 g/mol. The molecule has 0 bridgehead atoms. The molecule has 1 N–H and O–H groups in total. The molecular formula is C24H24N4O4S2. The molecule has 1 aromatic carbocycles. The highest BCUT2D eigenvalue weighted by Crippen LogP contribution is 2.32. The maximum atomic E-state index is 12.8. The van der Waals surface area contributed by atoms with E-state index in [1.807, 2.05) is 30.3 Å². The third-order valence-corrected chi connectivity index (χ3v) is 8.05. The Morgan fingerprint density at radius 3 is 2.91 bits per heavy atom. The highest BCUT2D eigenvalue weighted by atomic mass is 32.2. The Morgan fingerprint density at radius 2 is 2.09 bits per heavy atom. The van der Waals surface area contributed by atoms with Crippen LogP contribution in [0.15, 0.2) is 34.1 Å². The summed E-state index contributed by atoms with van der Waals surface area (Å²) in [5, 5.41) is 5.00. The number of ether oxygens (including phenoxy) is 2. The van der Waals surface area contributed by atoms with E-state index in [4.69, 9.17) is 9.47 Å². The molecule has 2 amide bonds. The van der Waals surface area contributed by atoms with Crippen molar-refractivity contribution in [3.8, 4) is 11.5 Å². The second-order valence-electron chi connectivity index (χ2n) is 8.19. The third kappa shape index (κ3) is 4.74. The van der Waals surface area contributed by atoms with Crippen LogP contribution in [0, 0.1) is 13.8 Å². The van der Waals surface area contributed by atoms with Gasteiger partial charge in [-0.3, -0.25) is 14.6 Å². The minimum absolute atomic E-state index is 0.0988. The summed E-state index contributed by atoms with van der Waals surface area (Å²) in [5.41, 5.74) is 5.61. The zero-order valence-electron chi connectivity index (χ0n) is 18.9. The summed E-state index contributed by atoms with van der Waals surface area (Å²) >= 11 is 3.05. The number of rotatable bonds is 6. The van der Waals surface area contributed by atoms with Gasteiger partial charge in [0.25, 0.3) is 5.91 Å². The molecule has 5 rings (SSSR count). The molecule has 0 saturated carbocycles. The Morgan fingerprint density at radius 1 is 1.24 bits per heavy atom. The van der Waals surface area contributed by atoms with Crippen molar-refractivity contribution in [2.75, 3.05) is 19.1 Å². The molecule has 2 aromatic heterocycles. The number of nitrogens with one attached hydrogen (secondary N) is 1. The van der Waals surface area contributed by atoms with E-state index in [0.29, 0.717) is 42.4 Å². The van der Waals surface area contributed by atoms with Crippen molar-refractivity contribution in [2.24, 2.45) is 0 Å². The van der Waals surface area contributed by atoms with Crippen molar-refractivity contribution in [1.82, 2.24) is 20.2 Å². The number of thiazole rings is 1. The minimum atomic E-state index is -0.183. The number of nitrogens with zero attached hydrogens (tertiary/aromatic N) is 3. The van der Waals surface area contributed by atoms with Crippen molar-refractivity contribution in [3.63, 3.8) is 0 Å². The number of hydrogen-bond donors (Lipinski definition) is 1. The summed E-state index contributed by atoms with van der Waals surface area (Å²) in [7, 11) is 0. The van der Waals surface area contributed by atoms with Gasteiger partial charge in [0, 0.05) is 48.2 Å². The van der Waals surface area contributed by atoms with Gasteiger partial charge in [0.05, 0.1) is 5.75 Å². The lowest BCUT2D eigenvalue weighted by Gasteiger charge is -2.30. The summed E-state index contributed by atoms with van der Waals surface area (Å²) < 4.78 is 11.6. The molecule has 0 radical (unpaired) electrons. The van der Waals surface area contributed by atoms with E-state index >= 15 is 0 Å². The maximum absolute atomic E-state index is 12.8. The standard InChI is InChI=1S/C24H24N4O4S2/c1-14-11-33-24(27-14)34-12-22(29)28-6-5-18-17(10-28)8-25-15(2)19(18)9-26-23(30)16-3-4-20-21(7-16)32-13-31-20/h3-4,7-8,11H,5-6,9-10,12-13H2,1-2H3,(H,26,30). The third-order valence-electron chi connectivity index (χ3n) is 5.93. The topological polar surface area (TPSA) is 93.7 Å². The summed E-state index contributed by atoms with van der Waals surface area (Å²) in [4.78, 5) is 36.3. The van der Waals surface area contributed by atoms with Crippen molar-refractivity contribution < 1.29 is 19.1 Å². The molecule has 2 aliphatic heterocycles. The first kappa shape index (κ1) is 22.7. The number of benzene rings is 1. The van der Waals surface area contributed by atoms with Crippen LogP contribution in [0.2, 0.25) is 0 Å². The number of amides is 2. The zero-order chi connectivity index (χ0) is 23.7. The van der Waals surface area contributed by atoms with Crippen LogP contribution in [0.4, 0.5) is 0 Å². The van der Waals surface area contributed by atoms with Crippen molar-refractivity contribution >= 4 is 34.9 Å². The highest BCUT2D eigenvalue weighted by molar-refractivity contribution is 8.01. The summed E-state index contributed by atoms with van der Waals surface area (Å²) in [6.07, 6.45) is 2.59. The molecule has 4 heterocycles. The lowest BCUT2D eigenvalue weighted by molar-refractivity contribution is -0.129. The van der Waals surface area contributed by atoms with Gasteiger partial charge in [-0.05, 0) is 55.2 Å². The molecule has 10 heteroatoms. The molecule has 34 heavy (non-hydrogen) atoms. The Kier molecular flexibility index (Phi) is 6.42. The van der Waals surface area contributed by atoms with Gasteiger partial charge in [0.1, 0.15) is 0 Å². The lowest BCUT2D eigenvalue weighted by Crippen LogP contribution is -2.38. The van der Waals surface area contributed by atoms with Crippen LogP contribution in [-0.4, -0.2) is 45.8 Å². The molecule has 8 nitrogen and oxygen atoms in total. The molecule has 0 aliphatic carbocycles. The van der Waals surface area contributed by atoms with Gasteiger partial charge in [-0.1, -0.05) is 11.8 Å². The molecule has 176 valence electrons. The van der Waals surface area contributed by atoms with Crippen LogP contribution in [-0.2, 0) is 24.3 Å². The fraction of sp³-hybridized carbons (Fsp3) is 0.333. The maximum Gasteiger partial charge on any atom is 0.251 e. The smallest absolute Gasteiger partial charge is 0.251 e. The van der Waals surface area contributed by atoms with E-state index in [1.165, 1.54) is 17.3 Å². The van der Waals surface area contributed by atoms with Gasteiger partial charge in [0.2, 0.25) is 12.7 Å².